The van der Waals surface area contributed by atoms with Crippen LogP contribution in [0.5, 0.6) is 0 Å². The summed E-state index contributed by atoms with van der Waals surface area (Å²) < 4.78 is 1.74. The first-order valence-corrected chi connectivity index (χ1v) is 4.30. The fraction of sp³-hybridized carbons (Fsp3) is 0.143. The van der Waals surface area contributed by atoms with Crippen LogP contribution in [0.4, 0.5) is 0 Å². The predicted octanol–water partition coefficient (Wildman–Crippen LogP) is 0.0723. The molecule has 0 aromatic carbocycles. The van der Waals surface area contributed by atoms with Crippen molar-refractivity contribution in [2.45, 2.75) is 6.54 Å². The molecule has 72 valence electrons. The predicted molar refractivity (Wildman–Crippen MR) is 51.4 cm³/mol. The van der Waals surface area contributed by atoms with E-state index in [0.717, 1.165) is 5.69 Å². The molecule has 6 nitrogen and oxygen atoms in total. The van der Waals surface area contributed by atoms with Gasteiger partial charge in [0.1, 0.15) is 6.33 Å². The van der Waals surface area contributed by atoms with Gasteiger partial charge in [-0.25, -0.2) is 19.9 Å². The Kier molecular flexibility index (Phi) is 2.23. The van der Waals surface area contributed by atoms with Crippen LogP contribution in [0.1, 0.15) is 5.69 Å². The summed E-state index contributed by atoms with van der Waals surface area (Å²) in [6, 6.07) is 1.73. The topological polar surface area (TPSA) is 79.4 Å². The molecule has 0 bridgehead atoms. The first-order chi connectivity index (χ1) is 6.77. The molecular formula is C7H7N5OS. The third-order valence-corrected chi connectivity index (χ3v) is 2.05. The smallest absolute Gasteiger partial charge is 0.272 e. The highest BCUT2D eigenvalue weighted by Crippen LogP contribution is 1.93. The molecule has 2 heterocycles. The van der Waals surface area contributed by atoms with Crippen LogP contribution in [0.25, 0.3) is 0 Å². The van der Waals surface area contributed by atoms with Gasteiger partial charge in [-0.3, -0.25) is 9.67 Å². The number of hydrogen-bond acceptors (Lipinski definition) is 4. The zero-order valence-corrected chi connectivity index (χ0v) is 7.91. The summed E-state index contributed by atoms with van der Waals surface area (Å²) in [5.74, 6) is 0. The van der Waals surface area contributed by atoms with Gasteiger partial charge in [-0.1, -0.05) is 0 Å². The Morgan fingerprint density at radius 2 is 2.36 bits per heavy atom. The Balaban J connectivity index is 2.37. The first-order valence-electron chi connectivity index (χ1n) is 3.90. The molecule has 14 heavy (non-hydrogen) atoms. The zero-order chi connectivity index (χ0) is 9.97. The van der Waals surface area contributed by atoms with Gasteiger partial charge in [0.2, 0.25) is 0 Å². The number of aromatic nitrogens is 5. The summed E-state index contributed by atoms with van der Waals surface area (Å²) in [6.45, 7) is 0.347. The second-order valence-corrected chi connectivity index (χ2v) is 3.03. The molecule has 0 radical (unpaired) electrons. The van der Waals surface area contributed by atoms with Crippen molar-refractivity contribution in [1.29, 1.82) is 0 Å². The van der Waals surface area contributed by atoms with Crippen molar-refractivity contribution in [3.05, 3.63) is 39.5 Å². The fourth-order valence-corrected chi connectivity index (χ4v) is 1.25. The van der Waals surface area contributed by atoms with E-state index in [4.69, 9.17) is 12.2 Å². The van der Waals surface area contributed by atoms with Gasteiger partial charge in [-0.15, -0.1) is 0 Å². The van der Waals surface area contributed by atoms with Crippen LogP contribution in [0, 0.1) is 4.77 Å². The number of nitrogens with zero attached hydrogens (tertiary/aromatic N) is 3. The SMILES string of the molecule is O=c1[nH][nH]c(=S)n1Cc1ccncn1. The Hall–Kier alpha value is -1.76. The molecule has 0 aliphatic rings. The van der Waals surface area contributed by atoms with Crippen molar-refractivity contribution >= 4 is 12.2 Å². The van der Waals surface area contributed by atoms with Crippen LogP contribution < -0.4 is 5.69 Å². The number of aromatic amines is 2. The minimum absolute atomic E-state index is 0.270. The molecule has 0 fully saturated rings. The van der Waals surface area contributed by atoms with Crippen LogP contribution in [0.15, 0.2) is 23.4 Å². The normalized spacial score (nSPS) is 10.3. The third kappa shape index (κ3) is 1.62. The van der Waals surface area contributed by atoms with Crippen molar-refractivity contribution < 1.29 is 0 Å². The molecular weight excluding hydrogens is 202 g/mol. The Labute approximate surface area is 83.6 Å². The van der Waals surface area contributed by atoms with Crippen LogP contribution in [0.2, 0.25) is 0 Å². The Morgan fingerprint density at radius 3 is 2.93 bits per heavy atom. The van der Waals surface area contributed by atoms with Crippen LogP contribution in [-0.4, -0.2) is 24.7 Å². The second-order valence-electron chi connectivity index (χ2n) is 2.65. The highest BCUT2D eigenvalue weighted by atomic mass is 32.1. The molecule has 2 N–H and O–H groups in total. The Bertz CT molecular complexity index is 497. The highest BCUT2D eigenvalue weighted by Gasteiger charge is 2.01. The molecule has 0 amide bonds. The molecule has 2 rings (SSSR count). The average molecular weight is 209 g/mol. The van der Waals surface area contributed by atoms with Crippen molar-refractivity contribution in [3.63, 3.8) is 0 Å². The average Bonchev–Trinajstić information content (AvgIpc) is 2.51. The van der Waals surface area contributed by atoms with Gasteiger partial charge in [0.15, 0.2) is 4.77 Å². The van der Waals surface area contributed by atoms with Crippen molar-refractivity contribution in [1.82, 2.24) is 24.7 Å². The fourth-order valence-electron chi connectivity index (χ4n) is 1.05. The van der Waals surface area contributed by atoms with Crippen LogP contribution in [-0.2, 0) is 6.54 Å². The van der Waals surface area contributed by atoms with E-state index in [2.05, 4.69) is 20.2 Å². The lowest BCUT2D eigenvalue weighted by molar-refractivity contribution is 0.728. The number of rotatable bonds is 2. The summed E-state index contributed by atoms with van der Waals surface area (Å²) >= 11 is 4.90. The molecule has 2 aromatic heterocycles. The van der Waals surface area contributed by atoms with Gasteiger partial charge in [-0.05, 0) is 18.3 Å². The first kappa shape index (κ1) is 8.82. The molecule has 0 aliphatic heterocycles. The Morgan fingerprint density at radius 1 is 1.50 bits per heavy atom. The van der Waals surface area contributed by atoms with Gasteiger partial charge in [-0.2, -0.15) is 0 Å². The summed E-state index contributed by atoms with van der Waals surface area (Å²) in [6.07, 6.45) is 3.05. The summed E-state index contributed by atoms with van der Waals surface area (Å²) in [5, 5.41) is 4.95. The lowest BCUT2D eigenvalue weighted by Crippen LogP contribution is -2.18. The standard InChI is InChI=1S/C7H7N5OS/c13-6-10-11-7(14)12(6)3-5-1-2-8-4-9-5/h1-2,4H,3H2,(H,10,13)(H,11,14). The minimum atomic E-state index is -0.270. The third-order valence-electron chi connectivity index (χ3n) is 1.73. The second kappa shape index (κ2) is 3.54. The molecule has 7 heteroatoms. The largest absolute Gasteiger partial charge is 0.342 e. The van der Waals surface area contributed by atoms with E-state index in [1.807, 2.05) is 0 Å². The van der Waals surface area contributed by atoms with Gasteiger partial charge < -0.3 is 0 Å². The van der Waals surface area contributed by atoms with E-state index >= 15 is 0 Å². The van der Waals surface area contributed by atoms with Gasteiger partial charge in [0.05, 0.1) is 12.2 Å². The van der Waals surface area contributed by atoms with Gasteiger partial charge >= 0.3 is 5.69 Å². The van der Waals surface area contributed by atoms with E-state index in [0.29, 0.717) is 11.3 Å². The molecule has 0 atom stereocenters. The summed E-state index contributed by atoms with van der Waals surface area (Å²) in [4.78, 5) is 19.0. The molecule has 0 saturated heterocycles. The van der Waals surface area contributed by atoms with E-state index < -0.39 is 0 Å². The quantitative estimate of drug-likeness (QED) is 0.686. The molecule has 0 saturated carbocycles. The van der Waals surface area contributed by atoms with E-state index in [-0.39, 0.29) is 5.69 Å². The monoisotopic (exact) mass is 209 g/mol. The minimum Gasteiger partial charge on any atom is -0.272 e. The van der Waals surface area contributed by atoms with E-state index in [1.54, 1.807) is 12.3 Å². The van der Waals surface area contributed by atoms with E-state index in [9.17, 15) is 4.79 Å². The molecule has 0 unspecified atom stereocenters. The zero-order valence-electron chi connectivity index (χ0n) is 7.10. The van der Waals surface area contributed by atoms with Crippen LogP contribution >= 0.6 is 12.2 Å². The molecule has 0 spiro atoms. The lowest BCUT2D eigenvalue weighted by atomic mass is 10.4. The maximum atomic E-state index is 11.2. The summed E-state index contributed by atoms with van der Waals surface area (Å²) in [5.41, 5.74) is 0.467. The maximum absolute atomic E-state index is 11.2. The van der Waals surface area contributed by atoms with Crippen molar-refractivity contribution in [3.8, 4) is 0 Å². The van der Waals surface area contributed by atoms with Gasteiger partial charge in [0.25, 0.3) is 0 Å². The van der Waals surface area contributed by atoms with Crippen LogP contribution in [0.3, 0.4) is 0 Å². The number of hydrogen-bond donors (Lipinski definition) is 2. The lowest BCUT2D eigenvalue weighted by Gasteiger charge is -1.97. The van der Waals surface area contributed by atoms with Gasteiger partial charge in [0, 0.05) is 6.20 Å². The number of H-pyrrole nitrogens is 2. The molecule has 2 aromatic rings. The van der Waals surface area contributed by atoms with E-state index in [1.165, 1.54) is 10.9 Å². The highest BCUT2D eigenvalue weighted by molar-refractivity contribution is 7.71. The van der Waals surface area contributed by atoms with Crippen molar-refractivity contribution in [2.75, 3.05) is 0 Å². The van der Waals surface area contributed by atoms with Crippen molar-refractivity contribution in [2.24, 2.45) is 0 Å². The molecule has 0 aliphatic carbocycles. The maximum Gasteiger partial charge on any atom is 0.342 e. The number of nitrogens with one attached hydrogen (secondary N) is 2. The summed E-state index contributed by atoms with van der Waals surface area (Å²) in [7, 11) is 0.